The van der Waals surface area contributed by atoms with E-state index in [9.17, 15) is 14.7 Å². The molecule has 0 spiro atoms. The molecular formula is C16H18N4O3. The quantitative estimate of drug-likeness (QED) is 0.875. The Labute approximate surface area is 133 Å². The van der Waals surface area contributed by atoms with Gasteiger partial charge in [0.2, 0.25) is 5.91 Å². The van der Waals surface area contributed by atoms with E-state index in [1.165, 1.54) is 4.68 Å². The molecule has 2 aromatic rings. The third-order valence-corrected chi connectivity index (χ3v) is 4.00. The highest BCUT2D eigenvalue weighted by Crippen LogP contribution is 2.22. The van der Waals surface area contributed by atoms with Gasteiger partial charge in [0.15, 0.2) is 5.69 Å². The minimum Gasteiger partial charge on any atom is -0.476 e. The van der Waals surface area contributed by atoms with Crippen molar-refractivity contribution in [1.29, 1.82) is 0 Å². The summed E-state index contributed by atoms with van der Waals surface area (Å²) in [6, 6.07) is 9.20. The maximum atomic E-state index is 12.2. The molecule has 23 heavy (non-hydrogen) atoms. The Morgan fingerprint density at radius 2 is 1.91 bits per heavy atom. The molecule has 0 bridgehead atoms. The molecule has 3 rings (SSSR count). The van der Waals surface area contributed by atoms with Crippen LogP contribution in [0.25, 0.3) is 11.3 Å². The number of aromatic carboxylic acids is 1. The van der Waals surface area contributed by atoms with Crippen molar-refractivity contribution in [2.24, 2.45) is 0 Å². The maximum absolute atomic E-state index is 12.2. The first kappa shape index (κ1) is 15.2. The summed E-state index contributed by atoms with van der Waals surface area (Å²) in [6.45, 7) is -0.0407. The number of benzene rings is 1. The number of amides is 1. The topological polar surface area (TPSA) is 97.1 Å². The third kappa shape index (κ3) is 3.39. The lowest BCUT2D eigenvalue weighted by molar-refractivity contribution is -0.122. The van der Waals surface area contributed by atoms with Gasteiger partial charge in [0.05, 0.1) is 0 Å². The van der Waals surface area contributed by atoms with Crippen LogP contribution in [0.1, 0.15) is 36.2 Å². The minimum absolute atomic E-state index is 0.0407. The van der Waals surface area contributed by atoms with E-state index in [-0.39, 0.29) is 24.2 Å². The largest absolute Gasteiger partial charge is 0.476 e. The number of aromatic nitrogens is 3. The van der Waals surface area contributed by atoms with E-state index in [4.69, 9.17) is 0 Å². The van der Waals surface area contributed by atoms with Gasteiger partial charge in [-0.3, -0.25) is 4.79 Å². The van der Waals surface area contributed by atoms with E-state index in [1.807, 2.05) is 6.07 Å². The van der Waals surface area contributed by atoms with E-state index in [0.717, 1.165) is 25.7 Å². The molecule has 0 aliphatic heterocycles. The third-order valence-electron chi connectivity index (χ3n) is 4.00. The van der Waals surface area contributed by atoms with Crippen LogP contribution in [0.4, 0.5) is 0 Å². The molecule has 2 N–H and O–H groups in total. The average Bonchev–Trinajstić information content (AvgIpc) is 3.17. The summed E-state index contributed by atoms with van der Waals surface area (Å²) in [6.07, 6.45) is 4.25. The fourth-order valence-electron chi connectivity index (χ4n) is 2.93. The molecule has 1 saturated carbocycles. The smallest absolute Gasteiger partial charge is 0.358 e. The molecule has 0 atom stereocenters. The fraction of sp³-hybridized carbons (Fsp3) is 0.375. The molecule has 0 unspecified atom stereocenters. The van der Waals surface area contributed by atoms with Crippen LogP contribution < -0.4 is 5.32 Å². The molecule has 1 aliphatic carbocycles. The van der Waals surface area contributed by atoms with Gasteiger partial charge in [-0.25, -0.2) is 9.48 Å². The average molecular weight is 314 g/mol. The summed E-state index contributed by atoms with van der Waals surface area (Å²) < 4.78 is 1.35. The van der Waals surface area contributed by atoms with Gasteiger partial charge in [-0.1, -0.05) is 48.4 Å². The van der Waals surface area contributed by atoms with Crippen LogP contribution in [-0.2, 0) is 11.3 Å². The van der Waals surface area contributed by atoms with E-state index < -0.39 is 5.97 Å². The van der Waals surface area contributed by atoms with E-state index in [2.05, 4.69) is 15.6 Å². The molecule has 1 fully saturated rings. The Morgan fingerprint density at radius 3 is 2.57 bits per heavy atom. The van der Waals surface area contributed by atoms with Crippen molar-refractivity contribution in [3.05, 3.63) is 36.0 Å². The second-order valence-corrected chi connectivity index (χ2v) is 5.66. The lowest BCUT2D eigenvalue weighted by Gasteiger charge is -2.12. The Morgan fingerprint density at radius 1 is 1.22 bits per heavy atom. The zero-order chi connectivity index (χ0) is 16.2. The molecule has 1 aromatic carbocycles. The van der Waals surface area contributed by atoms with E-state index in [1.54, 1.807) is 24.3 Å². The second kappa shape index (κ2) is 6.60. The standard InChI is InChI=1S/C16H18N4O3/c21-13(17-12-8-4-5-9-12)10-20-15(11-6-2-1-3-7-11)14(16(22)23)18-19-20/h1-3,6-7,12H,4-5,8-10H2,(H,17,21)(H,22,23). The van der Waals surface area contributed by atoms with Gasteiger partial charge in [-0.2, -0.15) is 0 Å². The summed E-state index contributed by atoms with van der Waals surface area (Å²) >= 11 is 0. The summed E-state index contributed by atoms with van der Waals surface area (Å²) in [4.78, 5) is 23.5. The van der Waals surface area contributed by atoms with Crippen LogP contribution in [0.2, 0.25) is 0 Å². The zero-order valence-corrected chi connectivity index (χ0v) is 12.6. The molecule has 1 heterocycles. The number of carboxylic acid groups (broad SMARTS) is 1. The first-order valence-corrected chi connectivity index (χ1v) is 7.66. The number of rotatable bonds is 5. The maximum Gasteiger partial charge on any atom is 0.358 e. The summed E-state index contributed by atoms with van der Waals surface area (Å²) in [5, 5.41) is 19.8. The molecule has 120 valence electrons. The van der Waals surface area contributed by atoms with Gasteiger partial charge < -0.3 is 10.4 Å². The van der Waals surface area contributed by atoms with Crippen LogP contribution in [0.3, 0.4) is 0 Å². The number of nitrogens with one attached hydrogen (secondary N) is 1. The number of carboxylic acids is 1. The molecule has 1 aromatic heterocycles. The summed E-state index contributed by atoms with van der Waals surface area (Å²) in [5.74, 6) is -1.33. The van der Waals surface area contributed by atoms with Crippen molar-refractivity contribution in [2.75, 3.05) is 0 Å². The first-order chi connectivity index (χ1) is 11.1. The van der Waals surface area contributed by atoms with Crippen molar-refractivity contribution >= 4 is 11.9 Å². The fourth-order valence-corrected chi connectivity index (χ4v) is 2.93. The Bertz CT molecular complexity index is 705. The van der Waals surface area contributed by atoms with Gasteiger partial charge in [-0.15, -0.1) is 5.10 Å². The Kier molecular flexibility index (Phi) is 4.36. The first-order valence-electron chi connectivity index (χ1n) is 7.66. The van der Waals surface area contributed by atoms with Crippen molar-refractivity contribution in [2.45, 2.75) is 38.3 Å². The molecule has 0 saturated heterocycles. The number of nitrogens with zero attached hydrogens (tertiary/aromatic N) is 3. The zero-order valence-electron chi connectivity index (χ0n) is 12.6. The highest BCUT2D eigenvalue weighted by molar-refractivity contribution is 5.93. The van der Waals surface area contributed by atoms with Gasteiger partial charge >= 0.3 is 5.97 Å². The van der Waals surface area contributed by atoms with Gasteiger partial charge in [-0.05, 0) is 12.8 Å². The van der Waals surface area contributed by atoms with Gasteiger partial charge in [0.25, 0.3) is 0 Å². The van der Waals surface area contributed by atoms with Crippen molar-refractivity contribution < 1.29 is 14.7 Å². The van der Waals surface area contributed by atoms with Crippen molar-refractivity contribution in [3.63, 3.8) is 0 Å². The predicted octanol–water partition coefficient (Wildman–Crippen LogP) is 1.70. The summed E-state index contributed by atoms with van der Waals surface area (Å²) in [7, 11) is 0. The number of carbonyl (C=O) groups is 2. The Hall–Kier alpha value is -2.70. The number of hydrogen-bond donors (Lipinski definition) is 2. The van der Waals surface area contributed by atoms with E-state index >= 15 is 0 Å². The van der Waals surface area contributed by atoms with Crippen LogP contribution in [-0.4, -0.2) is 38.0 Å². The van der Waals surface area contributed by atoms with Crippen molar-refractivity contribution in [1.82, 2.24) is 20.3 Å². The van der Waals surface area contributed by atoms with Crippen LogP contribution in [0.5, 0.6) is 0 Å². The number of hydrogen-bond acceptors (Lipinski definition) is 4. The van der Waals surface area contributed by atoms with Gasteiger partial charge in [0, 0.05) is 11.6 Å². The SMILES string of the molecule is O=C(Cn1nnc(C(=O)O)c1-c1ccccc1)NC1CCCC1. The molecule has 1 aliphatic rings. The van der Waals surface area contributed by atoms with Gasteiger partial charge in [0.1, 0.15) is 12.2 Å². The molecule has 1 amide bonds. The normalized spacial score (nSPS) is 14.8. The lowest BCUT2D eigenvalue weighted by Crippen LogP contribution is -2.35. The van der Waals surface area contributed by atoms with Crippen LogP contribution in [0, 0.1) is 0 Å². The minimum atomic E-state index is -1.16. The van der Waals surface area contributed by atoms with Crippen molar-refractivity contribution in [3.8, 4) is 11.3 Å². The second-order valence-electron chi connectivity index (χ2n) is 5.66. The predicted molar refractivity (Wildman–Crippen MR) is 82.8 cm³/mol. The Balaban J connectivity index is 1.84. The monoisotopic (exact) mass is 314 g/mol. The van der Waals surface area contributed by atoms with Crippen LogP contribution >= 0.6 is 0 Å². The molecule has 7 nitrogen and oxygen atoms in total. The number of carbonyl (C=O) groups excluding carboxylic acids is 1. The summed E-state index contributed by atoms with van der Waals surface area (Å²) in [5.41, 5.74) is 0.869. The molecular weight excluding hydrogens is 296 g/mol. The van der Waals surface area contributed by atoms with Crippen LogP contribution in [0.15, 0.2) is 30.3 Å². The van der Waals surface area contributed by atoms with E-state index in [0.29, 0.717) is 11.3 Å². The molecule has 7 heteroatoms. The molecule has 0 radical (unpaired) electrons. The highest BCUT2D eigenvalue weighted by Gasteiger charge is 2.23. The lowest BCUT2D eigenvalue weighted by atomic mass is 10.1. The highest BCUT2D eigenvalue weighted by atomic mass is 16.4.